The average Bonchev–Trinajstić information content (AvgIpc) is 2.29. The molecule has 0 aliphatic rings. The van der Waals surface area contributed by atoms with Gasteiger partial charge in [0, 0.05) is 13.1 Å². The number of halogens is 1. The van der Waals surface area contributed by atoms with Crippen LogP contribution in [0, 0.1) is 5.82 Å². The lowest BCUT2D eigenvalue weighted by Crippen LogP contribution is -2.36. The molecule has 0 aliphatic heterocycles. The highest BCUT2D eigenvalue weighted by atomic mass is 19.1. The van der Waals surface area contributed by atoms with E-state index in [0.29, 0.717) is 19.5 Å². The molecule has 1 unspecified atom stereocenters. The second-order valence-corrected chi connectivity index (χ2v) is 4.42. The average molecular weight is 241 g/mol. The van der Waals surface area contributed by atoms with Gasteiger partial charge in [-0.1, -0.05) is 13.0 Å². The van der Waals surface area contributed by atoms with E-state index >= 15 is 0 Å². The van der Waals surface area contributed by atoms with E-state index < -0.39 is 5.60 Å². The van der Waals surface area contributed by atoms with E-state index in [1.165, 1.54) is 13.2 Å². The third-order valence-electron chi connectivity index (χ3n) is 2.81. The van der Waals surface area contributed by atoms with Gasteiger partial charge in [-0.05, 0) is 31.0 Å². The van der Waals surface area contributed by atoms with Crippen molar-refractivity contribution in [1.29, 1.82) is 0 Å². The third kappa shape index (κ3) is 4.32. The Morgan fingerprint density at radius 3 is 2.71 bits per heavy atom. The summed E-state index contributed by atoms with van der Waals surface area (Å²) in [6, 6.07) is 4.84. The van der Waals surface area contributed by atoms with Crippen molar-refractivity contribution >= 4 is 0 Å². The lowest BCUT2D eigenvalue weighted by molar-refractivity contribution is 0.0555. The normalized spacial score (nSPS) is 14.4. The van der Waals surface area contributed by atoms with Gasteiger partial charge < -0.3 is 15.2 Å². The Morgan fingerprint density at radius 1 is 1.47 bits per heavy atom. The molecule has 0 bridgehead atoms. The number of benzene rings is 1. The van der Waals surface area contributed by atoms with Crippen LogP contribution in [0.15, 0.2) is 18.2 Å². The van der Waals surface area contributed by atoms with Crippen LogP contribution < -0.4 is 10.1 Å². The minimum atomic E-state index is -0.717. The molecule has 0 heterocycles. The van der Waals surface area contributed by atoms with Crippen molar-refractivity contribution in [2.45, 2.75) is 32.4 Å². The number of hydrogen-bond acceptors (Lipinski definition) is 3. The molecule has 0 spiro atoms. The Morgan fingerprint density at radius 2 is 2.18 bits per heavy atom. The maximum absolute atomic E-state index is 13.4. The maximum Gasteiger partial charge on any atom is 0.165 e. The van der Waals surface area contributed by atoms with E-state index in [1.807, 2.05) is 6.92 Å². The zero-order valence-electron chi connectivity index (χ0n) is 10.6. The summed E-state index contributed by atoms with van der Waals surface area (Å²) >= 11 is 0. The summed E-state index contributed by atoms with van der Waals surface area (Å²) in [7, 11) is 1.44. The molecule has 3 nitrogen and oxygen atoms in total. The fourth-order valence-corrected chi connectivity index (χ4v) is 1.42. The van der Waals surface area contributed by atoms with Gasteiger partial charge >= 0.3 is 0 Å². The van der Waals surface area contributed by atoms with Crippen LogP contribution in [-0.4, -0.2) is 24.4 Å². The molecular formula is C13H20FNO2. The van der Waals surface area contributed by atoms with Crippen LogP contribution in [0.1, 0.15) is 25.8 Å². The Kier molecular flexibility index (Phi) is 4.90. The van der Waals surface area contributed by atoms with Gasteiger partial charge in [-0.2, -0.15) is 0 Å². The molecule has 1 aromatic rings. The van der Waals surface area contributed by atoms with Gasteiger partial charge in [0.1, 0.15) is 0 Å². The Bertz CT molecular complexity index is 366. The van der Waals surface area contributed by atoms with Crippen molar-refractivity contribution in [1.82, 2.24) is 5.32 Å². The summed E-state index contributed by atoms with van der Waals surface area (Å²) in [6.45, 7) is 4.71. The fraction of sp³-hybridized carbons (Fsp3) is 0.538. The standard InChI is InChI=1S/C13H20FNO2/c1-4-13(2,16)9-15-8-10-5-6-12(17-3)11(14)7-10/h5-7,15-16H,4,8-9H2,1-3H3. The molecule has 2 N–H and O–H groups in total. The first-order valence-electron chi connectivity index (χ1n) is 5.74. The molecule has 0 saturated carbocycles. The minimum Gasteiger partial charge on any atom is -0.494 e. The molecule has 0 aromatic heterocycles. The first kappa shape index (κ1) is 13.9. The number of rotatable bonds is 6. The molecule has 0 radical (unpaired) electrons. The Hall–Kier alpha value is -1.13. The van der Waals surface area contributed by atoms with Crippen LogP contribution in [-0.2, 0) is 6.54 Å². The second-order valence-electron chi connectivity index (χ2n) is 4.42. The summed E-state index contributed by atoms with van der Waals surface area (Å²) in [5.41, 5.74) is 0.112. The third-order valence-corrected chi connectivity index (χ3v) is 2.81. The topological polar surface area (TPSA) is 41.5 Å². The first-order valence-corrected chi connectivity index (χ1v) is 5.74. The van der Waals surface area contributed by atoms with Gasteiger partial charge in [0.2, 0.25) is 0 Å². The summed E-state index contributed by atoms with van der Waals surface area (Å²) in [5.74, 6) is -0.122. The lowest BCUT2D eigenvalue weighted by Gasteiger charge is -2.21. The lowest BCUT2D eigenvalue weighted by atomic mass is 10.0. The highest BCUT2D eigenvalue weighted by Gasteiger charge is 2.16. The van der Waals surface area contributed by atoms with Crippen LogP contribution in [0.2, 0.25) is 0 Å². The van der Waals surface area contributed by atoms with E-state index in [2.05, 4.69) is 5.32 Å². The van der Waals surface area contributed by atoms with Crippen molar-refractivity contribution in [2.24, 2.45) is 0 Å². The zero-order chi connectivity index (χ0) is 12.9. The number of aliphatic hydroxyl groups is 1. The molecule has 1 atom stereocenters. The van der Waals surface area contributed by atoms with Gasteiger partial charge in [-0.25, -0.2) is 4.39 Å². The molecular weight excluding hydrogens is 221 g/mol. The van der Waals surface area contributed by atoms with E-state index in [1.54, 1.807) is 19.1 Å². The van der Waals surface area contributed by atoms with Crippen LogP contribution in [0.3, 0.4) is 0 Å². The smallest absolute Gasteiger partial charge is 0.165 e. The number of hydrogen-bond donors (Lipinski definition) is 2. The van der Waals surface area contributed by atoms with Crippen molar-refractivity contribution < 1.29 is 14.2 Å². The van der Waals surface area contributed by atoms with E-state index in [0.717, 1.165) is 5.56 Å². The first-order chi connectivity index (χ1) is 7.98. The van der Waals surface area contributed by atoms with Gasteiger partial charge in [0.15, 0.2) is 11.6 Å². The van der Waals surface area contributed by atoms with Crippen LogP contribution in [0.4, 0.5) is 4.39 Å². The largest absolute Gasteiger partial charge is 0.494 e. The monoisotopic (exact) mass is 241 g/mol. The molecule has 17 heavy (non-hydrogen) atoms. The van der Waals surface area contributed by atoms with Crippen LogP contribution >= 0.6 is 0 Å². The van der Waals surface area contributed by atoms with Crippen molar-refractivity contribution in [3.8, 4) is 5.75 Å². The van der Waals surface area contributed by atoms with Crippen LogP contribution in [0.25, 0.3) is 0 Å². The number of nitrogens with one attached hydrogen (secondary N) is 1. The van der Waals surface area contributed by atoms with E-state index in [-0.39, 0.29) is 11.6 Å². The molecule has 1 aromatic carbocycles. The Labute approximate surface area is 102 Å². The zero-order valence-corrected chi connectivity index (χ0v) is 10.6. The second kappa shape index (κ2) is 5.98. The summed E-state index contributed by atoms with van der Waals surface area (Å²) in [5, 5.41) is 12.9. The van der Waals surface area contributed by atoms with Gasteiger partial charge in [0.25, 0.3) is 0 Å². The number of ether oxygens (including phenoxy) is 1. The molecule has 0 fully saturated rings. The molecule has 96 valence electrons. The predicted molar refractivity (Wildman–Crippen MR) is 65.6 cm³/mol. The molecule has 1 rings (SSSR count). The minimum absolute atomic E-state index is 0.245. The molecule has 0 aliphatic carbocycles. The van der Waals surface area contributed by atoms with Crippen molar-refractivity contribution in [3.63, 3.8) is 0 Å². The predicted octanol–water partition coefficient (Wildman–Crippen LogP) is 2.08. The van der Waals surface area contributed by atoms with Gasteiger partial charge in [-0.3, -0.25) is 0 Å². The molecule has 0 amide bonds. The van der Waals surface area contributed by atoms with Gasteiger partial charge in [-0.15, -0.1) is 0 Å². The number of methoxy groups -OCH3 is 1. The quantitative estimate of drug-likeness (QED) is 0.801. The van der Waals surface area contributed by atoms with Crippen molar-refractivity contribution in [2.75, 3.05) is 13.7 Å². The maximum atomic E-state index is 13.4. The SMILES string of the molecule is CCC(C)(O)CNCc1ccc(OC)c(F)c1. The Balaban J connectivity index is 2.50. The van der Waals surface area contributed by atoms with Crippen molar-refractivity contribution in [3.05, 3.63) is 29.6 Å². The summed E-state index contributed by atoms with van der Waals surface area (Å²) < 4.78 is 18.2. The van der Waals surface area contributed by atoms with Crippen LogP contribution in [0.5, 0.6) is 5.75 Å². The van der Waals surface area contributed by atoms with E-state index in [4.69, 9.17) is 4.74 Å². The summed E-state index contributed by atoms with van der Waals surface area (Å²) in [6.07, 6.45) is 0.678. The molecule has 0 saturated heterocycles. The highest BCUT2D eigenvalue weighted by Crippen LogP contribution is 2.17. The van der Waals surface area contributed by atoms with E-state index in [9.17, 15) is 9.50 Å². The highest BCUT2D eigenvalue weighted by molar-refractivity contribution is 5.29. The summed E-state index contributed by atoms with van der Waals surface area (Å²) in [4.78, 5) is 0. The fourth-order valence-electron chi connectivity index (χ4n) is 1.42. The molecule has 4 heteroatoms. The van der Waals surface area contributed by atoms with Gasteiger partial charge in [0.05, 0.1) is 12.7 Å².